The van der Waals surface area contributed by atoms with Crippen LogP contribution < -0.4 is 5.73 Å². The summed E-state index contributed by atoms with van der Waals surface area (Å²) in [5.74, 6) is 0.501. The average molecular weight is 375 g/mol. The molecule has 0 saturated heterocycles. The summed E-state index contributed by atoms with van der Waals surface area (Å²) in [7, 11) is 0. The number of hydrogen-bond donors (Lipinski definition) is 1. The third-order valence-electron chi connectivity index (χ3n) is 2.77. The Bertz CT molecular complexity index is 594. The second kappa shape index (κ2) is 7.46. The fourth-order valence-electron chi connectivity index (χ4n) is 1.81. The molecule has 0 aliphatic heterocycles. The molecule has 2 aromatic carbocycles. The Labute approximate surface area is 135 Å². The zero-order valence-electron chi connectivity index (χ0n) is 10.7. The fraction of sp³-hybridized carbons (Fsp3) is 0.200. The predicted octanol–water partition coefficient (Wildman–Crippen LogP) is 4.90. The van der Waals surface area contributed by atoms with Gasteiger partial charge in [-0.3, -0.25) is 0 Å². The minimum absolute atomic E-state index is 0.0444. The molecule has 2 aromatic rings. The first kappa shape index (κ1) is 15.8. The third kappa shape index (κ3) is 4.48. The summed E-state index contributed by atoms with van der Waals surface area (Å²) in [5.41, 5.74) is 7.01. The van der Waals surface area contributed by atoms with Gasteiger partial charge in [-0.1, -0.05) is 29.8 Å². The number of hydrogen-bond acceptors (Lipinski definition) is 2. The van der Waals surface area contributed by atoms with Crippen LogP contribution in [0.5, 0.6) is 0 Å². The summed E-state index contributed by atoms with van der Waals surface area (Å²) in [6.45, 7) is 0. The number of thioether (sulfide) groups is 1. The minimum atomic E-state index is -0.253. The van der Waals surface area contributed by atoms with Gasteiger partial charge in [0.15, 0.2) is 0 Å². The van der Waals surface area contributed by atoms with E-state index in [1.807, 2.05) is 30.3 Å². The molecule has 0 radical (unpaired) electrons. The van der Waals surface area contributed by atoms with Crippen molar-refractivity contribution < 1.29 is 4.39 Å². The smallest absolute Gasteiger partial charge is 0.137 e. The van der Waals surface area contributed by atoms with Gasteiger partial charge in [-0.2, -0.15) is 0 Å². The van der Waals surface area contributed by atoms with E-state index < -0.39 is 0 Å². The Morgan fingerprint density at radius 3 is 2.75 bits per heavy atom. The zero-order chi connectivity index (χ0) is 14.5. The molecule has 1 unspecified atom stereocenters. The maximum atomic E-state index is 13.4. The standard InChI is InChI=1S/C15H14BrClFNS/c16-15-10(3-1-6-14(15)18)7-12(19)9-20-13-5-2-4-11(17)8-13/h1-6,8,12H,7,9,19H2. The first-order valence-electron chi connectivity index (χ1n) is 6.13. The topological polar surface area (TPSA) is 26.0 Å². The SMILES string of the molecule is NC(CSc1cccc(Cl)c1)Cc1cccc(F)c1Br. The van der Waals surface area contributed by atoms with E-state index in [1.54, 1.807) is 17.8 Å². The monoisotopic (exact) mass is 373 g/mol. The van der Waals surface area contributed by atoms with Crippen LogP contribution in [0.4, 0.5) is 4.39 Å². The number of rotatable bonds is 5. The molecule has 2 rings (SSSR count). The Morgan fingerprint density at radius 2 is 2.00 bits per heavy atom. The lowest BCUT2D eigenvalue weighted by Crippen LogP contribution is -2.25. The first-order valence-corrected chi connectivity index (χ1v) is 8.29. The Kier molecular flexibility index (Phi) is 5.90. The molecule has 0 saturated carbocycles. The summed E-state index contributed by atoms with van der Waals surface area (Å²) < 4.78 is 13.9. The van der Waals surface area contributed by atoms with Gasteiger partial charge in [-0.05, 0) is 52.2 Å². The molecule has 106 valence electrons. The van der Waals surface area contributed by atoms with Gasteiger partial charge >= 0.3 is 0 Å². The van der Waals surface area contributed by atoms with E-state index >= 15 is 0 Å². The number of benzene rings is 2. The van der Waals surface area contributed by atoms with Crippen molar-refractivity contribution >= 4 is 39.3 Å². The van der Waals surface area contributed by atoms with E-state index in [1.165, 1.54) is 6.07 Å². The lowest BCUT2D eigenvalue weighted by atomic mass is 10.1. The van der Waals surface area contributed by atoms with Gasteiger partial charge in [-0.25, -0.2) is 4.39 Å². The molecule has 2 N–H and O–H groups in total. The van der Waals surface area contributed by atoms with Crippen LogP contribution in [-0.2, 0) is 6.42 Å². The van der Waals surface area contributed by atoms with Crippen LogP contribution in [0.25, 0.3) is 0 Å². The third-order valence-corrected chi connectivity index (χ3v) is 5.08. The molecule has 1 nitrogen and oxygen atoms in total. The van der Waals surface area contributed by atoms with Crippen molar-refractivity contribution in [2.45, 2.75) is 17.4 Å². The molecule has 1 atom stereocenters. The van der Waals surface area contributed by atoms with Crippen LogP contribution in [0.1, 0.15) is 5.56 Å². The summed E-state index contributed by atoms with van der Waals surface area (Å²) >= 11 is 10.8. The Balaban J connectivity index is 1.92. The van der Waals surface area contributed by atoms with Crippen LogP contribution in [0.3, 0.4) is 0 Å². The van der Waals surface area contributed by atoms with Crippen molar-refractivity contribution in [3.63, 3.8) is 0 Å². The van der Waals surface area contributed by atoms with Crippen LogP contribution in [-0.4, -0.2) is 11.8 Å². The molecule has 0 spiro atoms. The van der Waals surface area contributed by atoms with E-state index in [0.717, 1.165) is 21.2 Å². The summed E-state index contributed by atoms with van der Waals surface area (Å²) in [6, 6.07) is 12.6. The van der Waals surface area contributed by atoms with E-state index in [2.05, 4.69) is 15.9 Å². The Morgan fingerprint density at radius 1 is 1.25 bits per heavy atom. The van der Waals surface area contributed by atoms with E-state index in [-0.39, 0.29) is 11.9 Å². The highest BCUT2D eigenvalue weighted by molar-refractivity contribution is 9.10. The van der Waals surface area contributed by atoms with Crippen molar-refractivity contribution in [2.75, 3.05) is 5.75 Å². The lowest BCUT2D eigenvalue weighted by molar-refractivity contribution is 0.615. The van der Waals surface area contributed by atoms with E-state index in [0.29, 0.717) is 10.9 Å². The van der Waals surface area contributed by atoms with Gasteiger partial charge in [0.25, 0.3) is 0 Å². The van der Waals surface area contributed by atoms with Crippen molar-refractivity contribution in [2.24, 2.45) is 5.73 Å². The largest absolute Gasteiger partial charge is 0.327 e. The highest BCUT2D eigenvalue weighted by Crippen LogP contribution is 2.25. The van der Waals surface area contributed by atoms with Crippen molar-refractivity contribution in [3.05, 3.63) is 63.3 Å². The van der Waals surface area contributed by atoms with Gasteiger partial charge in [-0.15, -0.1) is 11.8 Å². The predicted molar refractivity (Wildman–Crippen MR) is 88.0 cm³/mol. The second-order valence-electron chi connectivity index (χ2n) is 4.45. The van der Waals surface area contributed by atoms with Crippen molar-refractivity contribution in [1.29, 1.82) is 0 Å². The quantitative estimate of drug-likeness (QED) is 0.753. The highest BCUT2D eigenvalue weighted by Gasteiger charge is 2.10. The van der Waals surface area contributed by atoms with Gasteiger partial charge in [0.1, 0.15) is 5.82 Å². The maximum absolute atomic E-state index is 13.4. The lowest BCUT2D eigenvalue weighted by Gasteiger charge is -2.13. The summed E-state index contributed by atoms with van der Waals surface area (Å²) in [4.78, 5) is 1.09. The molecule has 20 heavy (non-hydrogen) atoms. The van der Waals surface area contributed by atoms with Gasteiger partial charge in [0.2, 0.25) is 0 Å². The summed E-state index contributed by atoms with van der Waals surface area (Å²) in [6.07, 6.45) is 0.631. The summed E-state index contributed by atoms with van der Waals surface area (Å²) in [5, 5.41) is 0.719. The molecular weight excluding hydrogens is 361 g/mol. The van der Waals surface area contributed by atoms with E-state index in [9.17, 15) is 4.39 Å². The van der Waals surface area contributed by atoms with E-state index in [4.69, 9.17) is 17.3 Å². The van der Waals surface area contributed by atoms with Crippen molar-refractivity contribution in [3.8, 4) is 0 Å². The molecule has 0 amide bonds. The van der Waals surface area contributed by atoms with Crippen LogP contribution >= 0.6 is 39.3 Å². The molecule has 0 bridgehead atoms. The molecule has 0 fully saturated rings. The average Bonchev–Trinajstić information content (AvgIpc) is 2.42. The molecule has 0 aromatic heterocycles. The molecule has 0 aliphatic rings. The minimum Gasteiger partial charge on any atom is -0.327 e. The Hall–Kier alpha value is -0.550. The molecule has 0 aliphatic carbocycles. The van der Waals surface area contributed by atoms with Crippen LogP contribution in [0.15, 0.2) is 51.8 Å². The van der Waals surface area contributed by atoms with Crippen molar-refractivity contribution in [1.82, 2.24) is 0 Å². The highest BCUT2D eigenvalue weighted by atomic mass is 79.9. The van der Waals surface area contributed by atoms with Gasteiger partial charge in [0.05, 0.1) is 4.47 Å². The molecule has 0 heterocycles. The van der Waals surface area contributed by atoms with Gasteiger partial charge < -0.3 is 5.73 Å². The normalized spacial score (nSPS) is 12.4. The zero-order valence-corrected chi connectivity index (χ0v) is 13.8. The second-order valence-corrected chi connectivity index (χ2v) is 6.77. The van der Waals surface area contributed by atoms with Crippen LogP contribution in [0, 0.1) is 5.82 Å². The number of halogens is 3. The van der Waals surface area contributed by atoms with Crippen LogP contribution in [0.2, 0.25) is 5.02 Å². The molecular formula is C15H14BrClFNS. The fourth-order valence-corrected chi connectivity index (χ4v) is 3.40. The number of nitrogens with two attached hydrogens (primary N) is 1. The first-order chi connectivity index (χ1) is 9.56. The molecule has 5 heteroatoms. The van der Waals surface area contributed by atoms with Gasteiger partial charge in [0, 0.05) is 21.7 Å². The maximum Gasteiger partial charge on any atom is 0.137 e.